The Balaban J connectivity index is 1.51. The van der Waals surface area contributed by atoms with Crippen LogP contribution in [0.2, 0.25) is 18.6 Å². The van der Waals surface area contributed by atoms with Crippen molar-refractivity contribution >= 4 is 48.5 Å². The lowest BCUT2D eigenvalue weighted by Crippen LogP contribution is -2.48. The number of aliphatic hydroxyl groups is 1. The van der Waals surface area contributed by atoms with Crippen molar-refractivity contribution in [3.05, 3.63) is 75.4 Å². The minimum absolute atomic E-state index is 0.0379. The maximum absolute atomic E-state index is 16.0. The molecular weight excluding hydrogens is 614 g/mol. The van der Waals surface area contributed by atoms with Gasteiger partial charge in [-0.2, -0.15) is 0 Å². The highest BCUT2D eigenvalue weighted by Gasteiger charge is 2.67. The first-order chi connectivity index (χ1) is 18.0. The van der Waals surface area contributed by atoms with E-state index in [0.717, 1.165) is 25.9 Å². The van der Waals surface area contributed by atoms with Crippen molar-refractivity contribution in [2.24, 2.45) is 5.92 Å². The summed E-state index contributed by atoms with van der Waals surface area (Å²) in [5, 5.41) is 10.1. The topological polar surface area (TPSA) is 70.1 Å². The van der Waals surface area contributed by atoms with Crippen molar-refractivity contribution in [3.8, 4) is 0 Å². The molecule has 3 aliphatic heterocycles. The largest absolute Gasteiger partial charge is 0.394 e. The Morgan fingerprint density at radius 1 is 1.29 bits per heavy atom. The molecule has 3 heterocycles. The van der Waals surface area contributed by atoms with E-state index in [4.69, 9.17) is 4.74 Å². The van der Waals surface area contributed by atoms with Gasteiger partial charge in [0, 0.05) is 33.7 Å². The van der Waals surface area contributed by atoms with Gasteiger partial charge >= 0.3 is 0 Å². The lowest BCUT2D eigenvalue weighted by molar-refractivity contribution is -0.150. The highest BCUT2D eigenvalue weighted by atomic mass is 127. The van der Waals surface area contributed by atoms with Gasteiger partial charge in [-0.3, -0.25) is 9.59 Å². The van der Waals surface area contributed by atoms with Crippen LogP contribution >= 0.6 is 22.6 Å². The smallest absolute Gasteiger partial charge is 0.264 e. The van der Waals surface area contributed by atoms with E-state index in [1.54, 1.807) is 29.0 Å². The lowest BCUT2D eigenvalue weighted by Gasteiger charge is -2.37. The summed E-state index contributed by atoms with van der Waals surface area (Å²) >= 11 is 2.21. The van der Waals surface area contributed by atoms with Crippen LogP contribution in [0.4, 0.5) is 9.80 Å². The number of fused-ring (bicyclic) bond motifs is 3. The number of hydrogen-bond acceptors (Lipinski definition) is 4. The van der Waals surface area contributed by atoms with Crippen LogP contribution in [-0.2, 0) is 32.9 Å². The molecular formula is C29H34FIN2O4Si. The van der Waals surface area contributed by atoms with Crippen LogP contribution in [0.25, 0.3) is 0 Å². The summed E-state index contributed by atoms with van der Waals surface area (Å²) < 4.78 is 23.7. The molecule has 1 fully saturated rings. The van der Waals surface area contributed by atoms with Crippen LogP contribution in [0.3, 0.4) is 0 Å². The number of anilines is 1. The Labute approximate surface area is 238 Å². The van der Waals surface area contributed by atoms with Crippen LogP contribution in [0.1, 0.15) is 30.0 Å². The Kier molecular flexibility index (Phi) is 7.34. The van der Waals surface area contributed by atoms with E-state index in [9.17, 15) is 14.7 Å². The number of nitrogens with zero attached hydrogens (tertiary/aromatic N) is 2. The van der Waals surface area contributed by atoms with Crippen LogP contribution < -0.4 is 4.90 Å². The van der Waals surface area contributed by atoms with Gasteiger partial charge in [-0.15, -0.1) is 6.58 Å². The Morgan fingerprint density at radius 2 is 2.00 bits per heavy atom. The lowest BCUT2D eigenvalue weighted by atomic mass is 9.82. The normalized spacial score (nSPS) is 28.5. The molecule has 3 aliphatic rings. The predicted molar refractivity (Wildman–Crippen MR) is 156 cm³/mol. The highest BCUT2D eigenvalue weighted by Crippen LogP contribution is 2.60. The van der Waals surface area contributed by atoms with Gasteiger partial charge in [0.1, 0.15) is 0 Å². The molecule has 0 aromatic heterocycles. The third-order valence-electron chi connectivity index (χ3n) is 8.50. The first-order valence-electron chi connectivity index (χ1n) is 13.1. The Bertz CT molecular complexity index is 1280. The molecule has 202 valence electrons. The van der Waals surface area contributed by atoms with Crippen LogP contribution in [0.15, 0.2) is 55.1 Å². The Morgan fingerprint density at radius 3 is 2.66 bits per heavy atom. The van der Waals surface area contributed by atoms with E-state index in [1.165, 1.54) is 0 Å². The third-order valence-corrected chi connectivity index (χ3v) is 11.6. The fourth-order valence-electron chi connectivity index (χ4n) is 6.86. The summed E-state index contributed by atoms with van der Waals surface area (Å²) in [5.74, 6) is -0.866. The summed E-state index contributed by atoms with van der Waals surface area (Å²) in [6.45, 7) is 9.55. The van der Waals surface area contributed by atoms with Gasteiger partial charge in [0.15, 0.2) is 5.60 Å². The first-order valence-corrected chi connectivity index (χ1v) is 17.1. The fourth-order valence-corrected chi connectivity index (χ4v) is 9.85. The summed E-state index contributed by atoms with van der Waals surface area (Å²) in [6, 6.07) is 13.4. The Hall–Kier alpha value is -2.08. The average molecular weight is 649 g/mol. The van der Waals surface area contributed by atoms with E-state index < -0.39 is 31.6 Å². The molecule has 0 saturated carbocycles. The monoisotopic (exact) mass is 648 g/mol. The molecule has 0 aliphatic carbocycles. The zero-order chi connectivity index (χ0) is 27.4. The standard InChI is InChI=1S/C29H34FIN2O4Si/c1-5-12-32-24-11-10-21(31)14-23(24)29(28(32)36)18(2)27(38(3,4)30)25(37-29)15-26(35)33-16-20-9-7-6-8-19(20)13-22(33)17-34/h5-11,14,18,22,25,27,34H,1,12-13,15-17H2,2-4H3/t18-,22-,25+,27-,29+/m0/s1. The van der Waals surface area contributed by atoms with E-state index in [0.29, 0.717) is 19.5 Å². The maximum atomic E-state index is 16.0. The van der Waals surface area contributed by atoms with Gasteiger partial charge in [0.25, 0.3) is 5.91 Å². The number of hydrogen-bond donors (Lipinski definition) is 1. The molecule has 0 bridgehead atoms. The molecule has 38 heavy (non-hydrogen) atoms. The summed E-state index contributed by atoms with van der Waals surface area (Å²) in [4.78, 5) is 31.2. The zero-order valence-corrected chi connectivity index (χ0v) is 25.2. The number of carbonyl (C=O) groups excluding carboxylic acids is 2. The number of benzene rings is 2. The predicted octanol–water partition coefficient (Wildman–Crippen LogP) is 4.93. The molecule has 1 saturated heterocycles. The number of amides is 2. The SMILES string of the molecule is C=CCN1C(=O)[C@]2(O[C@H](CC(=O)N3Cc4ccccc4C[C@H]3CO)[C@@H]([Si](C)(C)F)[C@@H]2C)c2cc(I)ccc21. The molecule has 2 aromatic carbocycles. The van der Waals surface area contributed by atoms with E-state index >= 15 is 4.11 Å². The number of rotatable bonds is 6. The third kappa shape index (κ3) is 4.35. The molecule has 1 N–H and O–H groups in total. The molecule has 9 heteroatoms. The van der Waals surface area contributed by atoms with Gasteiger partial charge in [-0.25, -0.2) is 0 Å². The van der Waals surface area contributed by atoms with Crippen molar-refractivity contribution < 1.29 is 23.5 Å². The summed E-state index contributed by atoms with van der Waals surface area (Å²) in [6.07, 6.45) is 1.45. The van der Waals surface area contributed by atoms with E-state index in [1.807, 2.05) is 49.4 Å². The molecule has 0 unspecified atom stereocenters. The second kappa shape index (κ2) is 10.1. The number of aliphatic hydroxyl groups excluding tert-OH is 1. The van der Waals surface area contributed by atoms with Gasteiger partial charge < -0.3 is 23.8 Å². The first kappa shape index (κ1) is 27.5. The molecule has 2 aromatic rings. The van der Waals surface area contributed by atoms with E-state index in [2.05, 4.69) is 29.2 Å². The van der Waals surface area contributed by atoms with Crippen molar-refractivity contribution in [3.63, 3.8) is 0 Å². The van der Waals surface area contributed by atoms with Crippen molar-refractivity contribution in [2.75, 3.05) is 18.1 Å². The van der Waals surface area contributed by atoms with Crippen LogP contribution in [0.5, 0.6) is 0 Å². The molecule has 0 radical (unpaired) electrons. The molecule has 5 atom stereocenters. The van der Waals surface area contributed by atoms with Gasteiger partial charge in [0.2, 0.25) is 14.3 Å². The minimum atomic E-state index is -3.39. The molecule has 5 rings (SSSR count). The number of halogens is 2. The van der Waals surface area contributed by atoms with E-state index in [-0.39, 0.29) is 30.9 Å². The number of carbonyl (C=O) groups is 2. The quantitative estimate of drug-likeness (QED) is 0.209. The number of ether oxygens (including phenoxy) is 1. The molecule has 2 amide bonds. The zero-order valence-electron chi connectivity index (χ0n) is 22.0. The average Bonchev–Trinajstić information content (AvgIpc) is 3.29. The van der Waals surface area contributed by atoms with Crippen molar-refractivity contribution in [2.45, 2.75) is 62.7 Å². The maximum Gasteiger partial charge on any atom is 0.264 e. The fraction of sp³-hybridized carbons (Fsp3) is 0.448. The second-order valence-corrected chi connectivity index (χ2v) is 16.2. The van der Waals surface area contributed by atoms with Crippen LogP contribution in [-0.4, -0.2) is 55.5 Å². The highest BCUT2D eigenvalue weighted by molar-refractivity contribution is 14.1. The van der Waals surface area contributed by atoms with Crippen molar-refractivity contribution in [1.29, 1.82) is 0 Å². The summed E-state index contributed by atoms with van der Waals surface area (Å²) in [5.41, 5.74) is 1.75. The van der Waals surface area contributed by atoms with Gasteiger partial charge in [-0.05, 0) is 71.4 Å². The molecule has 1 spiro atoms. The molecule has 6 nitrogen and oxygen atoms in total. The van der Waals surface area contributed by atoms with Crippen molar-refractivity contribution in [1.82, 2.24) is 4.90 Å². The van der Waals surface area contributed by atoms with Gasteiger partial charge in [0.05, 0.1) is 30.9 Å². The minimum Gasteiger partial charge on any atom is -0.394 e. The summed E-state index contributed by atoms with van der Waals surface area (Å²) in [7, 11) is -3.39. The van der Waals surface area contributed by atoms with Crippen LogP contribution in [0, 0.1) is 9.49 Å². The van der Waals surface area contributed by atoms with Gasteiger partial charge in [-0.1, -0.05) is 37.3 Å². The second-order valence-electron chi connectivity index (χ2n) is 11.2.